The normalized spacial score (nSPS) is 23.6. The molecule has 3 nitrogen and oxygen atoms in total. The van der Waals surface area contributed by atoms with Crippen molar-refractivity contribution in [2.45, 2.75) is 45.1 Å². The monoisotopic (exact) mass is 275 g/mol. The number of aliphatic carboxylic acids is 1. The van der Waals surface area contributed by atoms with Gasteiger partial charge in [-0.25, -0.2) is 0 Å². The lowest BCUT2D eigenvalue weighted by atomic mass is 9.95. The van der Waals surface area contributed by atoms with Crippen molar-refractivity contribution in [1.82, 2.24) is 5.32 Å². The predicted octanol–water partition coefficient (Wildman–Crippen LogP) is 3.10. The van der Waals surface area contributed by atoms with Gasteiger partial charge >= 0.3 is 5.97 Å². The Balaban J connectivity index is 1.83. The average molecular weight is 275 g/mol. The van der Waals surface area contributed by atoms with E-state index in [1.165, 1.54) is 5.56 Å². The smallest absolute Gasteiger partial charge is 0.306 e. The molecule has 3 heteroatoms. The van der Waals surface area contributed by atoms with Crippen LogP contribution in [-0.4, -0.2) is 23.7 Å². The van der Waals surface area contributed by atoms with Crippen LogP contribution in [0, 0.1) is 11.8 Å². The van der Waals surface area contributed by atoms with E-state index in [-0.39, 0.29) is 5.92 Å². The fraction of sp³-hybridized carbons (Fsp3) is 0.588. The van der Waals surface area contributed by atoms with Crippen molar-refractivity contribution >= 4 is 5.97 Å². The summed E-state index contributed by atoms with van der Waals surface area (Å²) in [6.45, 7) is 3.02. The van der Waals surface area contributed by atoms with E-state index >= 15 is 0 Å². The van der Waals surface area contributed by atoms with Gasteiger partial charge in [0.05, 0.1) is 5.92 Å². The number of hydrogen-bond acceptors (Lipinski definition) is 2. The van der Waals surface area contributed by atoms with Crippen LogP contribution in [0.5, 0.6) is 0 Å². The first kappa shape index (κ1) is 15.0. The molecule has 1 aromatic rings. The summed E-state index contributed by atoms with van der Waals surface area (Å²) in [5, 5.41) is 12.8. The van der Waals surface area contributed by atoms with Crippen molar-refractivity contribution in [3.63, 3.8) is 0 Å². The topological polar surface area (TPSA) is 49.3 Å². The maximum Gasteiger partial charge on any atom is 0.306 e. The standard InChI is InChI=1S/C17H25NO2/c1-2-15(11-13-7-4-3-5-8-13)18-12-14-9-6-10-16(14)17(19)20/h3-5,7-8,14-16,18H,2,6,9-12H2,1H3,(H,19,20). The molecular formula is C17H25NO2. The van der Waals surface area contributed by atoms with Crippen LogP contribution in [0.15, 0.2) is 30.3 Å². The molecule has 3 atom stereocenters. The second kappa shape index (κ2) is 7.44. The van der Waals surface area contributed by atoms with Crippen LogP contribution in [0.1, 0.15) is 38.2 Å². The number of carbonyl (C=O) groups is 1. The largest absolute Gasteiger partial charge is 0.481 e. The van der Waals surface area contributed by atoms with Crippen LogP contribution in [0.3, 0.4) is 0 Å². The van der Waals surface area contributed by atoms with E-state index in [2.05, 4.69) is 36.5 Å². The summed E-state index contributed by atoms with van der Waals surface area (Å²) in [4.78, 5) is 11.2. The van der Waals surface area contributed by atoms with Crippen LogP contribution < -0.4 is 5.32 Å². The highest BCUT2D eigenvalue weighted by atomic mass is 16.4. The second-order valence-electron chi connectivity index (χ2n) is 5.84. The molecule has 1 aromatic carbocycles. The van der Waals surface area contributed by atoms with Gasteiger partial charge in [0.15, 0.2) is 0 Å². The third kappa shape index (κ3) is 4.07. The van der Waals surface area contributed by atoms with Crippen molar-refractivity contribution in [2.75, 3.05) is 6.54 Å². The van der Waals surface area contributed by atoms with Gasteiger partial charge in [0, 0.05) is 6.04 Å². The average Bonchev–Trinajstić information content (AvgIpc) is 2.93. The van der Waals surface area contributed by atoms with Crippen molar-refractivity contribution in [1.29, 1.82) is 0 Å². The van der Waals surface area contributed by atoms with Crippen molar-refractivity contribution in [3.05, 3.63) is 35.9 Å². The molecule has 2 N–H and O–H groups in total. The number of carboxylic acid groups (broad SMARTS) is 1. The molecule has 0 aliphatic heterocycles. The highest BCUT2D eigenvalue weighted by Crippen LogP contribution is 2.31. The third-order valence-corrected chi connectivity index (χ3v) is 4.46. The lowest BCUT2D eigenvalue weighted by molar-refractivity contribution is -0.142. The molecule has 0 bridgehead atoms. The molecule has 1 fully saturated rings. The molecule has 110 valence electrons. The molecule has 0 aromatic heterocycles. The molecule has 20 heavy (non-hydrogen) atoms. The maximum atomic E-state index is 11.2. The third-order valence-electron chi connectivity index (χ3n) is 4.46. The Hall–Kier alpha value is -1.35. The lowest BCUT2D eigenvalue weighted by Gasteiger charge is -2.22. The molecule has 3 unspecified atom stereocenters. The fourth-order valence-corrected chi connectivity index (χ4v) is 3.18. The Kier molecular flexibility index (Phi) is 5.60. The van der Waals surface area contributed by atoms with E-state index in [1.54, 1.807) is 0 Å². The van der Waals surface area contributed by atoms with Gasteiger partial charge < -0.3 is 10.4 Å². The Morgan fingerprint density at radius 1 is 1.35 bits per heavy atom. The van der Waals surface area contributed by atoms with Gasteiger partial charge in [0.25, 0.3) is 0 Å². The van der Waals surface area contributed by atoms with Crippen LogP contribution in [-0.2, 0) is 11.2 Å². The van der Waals surface area contributed by atoms with Gasteiger partial charge in [-0.1, -0.05) is 43.7 Å². The molecule has 1 aliphatic rings. The van der Waals surface area contributed by atoms with E-state index in [1.807, 2.05) is 6.07 Å². The summed E-state index contributed by atoms with van der Waals surface area (Å²) in [5.74, 6) is -0.459. The number of benzene rings is 1. The van der Waals surface area contributed by atoms with E-state index in [0.717, 1.165) is 38.6 Å². The van der Waals surface area contributed by atoms with Crippen LogP contribution in [0.4, 0.5) is 0 Å². The lowest BCUT2D eigenvalue weighted by Crippen LogP contribution is -2.36. The highest BCUT2D eigenvalue weighted by molar-refractivity contribution is 5.70. The second-order valence-corrected chi connectivity index (χ2v) is 5.84. The molecule has 0 amide bonds. The van der Waals surface area contributed by atoms with Crippen LogP contribution in [0.2, 0.25) is 0 Å². The van der Waals surface area contributed by atoms with Crippen molar-refractivity contribution in [3.8, 4) is 0 Å². The highest BCUT2D eigenvalue weighted by Gasteiger charge is 2.32. The quantitative estimate of drug-likeness (QED) is 0.804. The van der Waals surface area contributed by atoms with Gasteiger partial charge in [-0.05, 0) is 43.7 Å². The first-order valence-corrected chi connectivity index (χ1v) is 7.70. The molecular weight excluding hydrogens is 250 g/mol. The molecule has 0 radical (unpaired) electrons. The summed E-state index contributed by atoms with van der Waals surface area (Å²) in [6.07, 6.45) is 5.03. The minimum absolute atomic E-state index is 0.142. The van der Waals surface area contributed by atoms with E-state index in [4.69, 9.17) is 0 Å². The Bertz CT molecular complexity index is 418. The minimum Gasteiger partial charge on any atom is -0.481 e. The number of hydrogen-bond donors (Lipinski definition) is 2. The first-order chi connectivity index (χ1) is 9.70. The molecule has 1 aliphatic carbocycles. The Morgan fingerprint density at radius 2 is 2.10 bits per heavy atom. The van der Waals surface area contributed by atoms with Crippen LogP contribution in [0.25, 0.3) is 0 Å². The van der Waals surface area contributed by atoms with Gasteiger partial charge in [-0.3, -0.25) is 4.79 Å². The van der Waals surface area contributed by atoms with Crippen LogP contribution >= 0.6 is 0 Å². The number of carboxylic acids is 1. The molecule has 2 rings (SSSR count). The first-order valence-electron chi connectivity index (χ1n) is 7.70. The summed E-state index contributed by atoms with van der Waals surface area (Å²) in [5.41, 5.74) is 1.34. The molecule has 0 heterocycles. The summed E-state index contributed by atoms with van der Waals surface area (Å²) >= 11 is 0. The fourth-order valence-electron chi connectivity index (χ4n) is 3.18. The van der Waals surface area contributed by atoms with Crippen molar-refractivity contribution in [2.24, 2.45) is 11.8 Å². The SMILES string of the molecule is CCC(Cc1ccccc1)NCC1CCCC1C(=O)O. The predicted molar refractivity (Wildman–Crippen MR) is 80.7 cm³/mol. The van der Waals surface area contributed by atoms with E-state index in [9.17, 15) is 9.90 Å². The van der Waals surface area contributed by atoms with Crippen molar-refractivity contribution < 1.29 is 9.90 Å². The Morgan fingerprint density at radius 3 is 2.75 bits per heavy atom. The summed E-state index contributed by atoms with van der Waals surface area (Å²) in [6, 6.07) is 10.9. The zero-order valence-corrected chi connectivity index (χ0v) is 12.2. The zero-order chi connectivity index (χ0) is 14.4. The molecule has 0 spiro atoms. The number of rotatable bonds is 7. The zero-order valence-electron chi connectivity index (χ0n) is 12.2. The maximum absolute atomic E-state index is 11.2. The van der Waals surface area contributed by atoms with E-state index < -0.39 is 5.97 Å². The van der Waals surface area contributed by atoms with Gasteiger partial charge in [-0.2, -0.15) is 0 Å². The summed E-state index contributed by atoms with van der Waals surface area (Å²) < 4.78 is 0. The van der Waals surface area contributed by atoms with E-state index in [0.29, 0.717) is 12.0 Å². The minimum atomic E-state index is -0.620. The van der Waals surface area contributed by atoms with Gasteiger partial charge in [-0.15, -0.1) is 0 Å². The van der Waals surface area contributed by atoms with Gasteiger partial charge in [0.2, 0.25) is 0 Å². The van der Waals surface area contributed by atoms with Gasteiger partial charge in [0.1, 0.15) is 0 Å². The molecule has 1 saturated carbocycles. The Labute approximate surface area is 121 Å². The number of nitrogens with one attached hydrogen (secondary N) is 1. The summed E-state index contributed by atoms with van der Waals surface area (Å²) in [7, 11) is 0. The molecule has 0 saturated heterocycles.